The molecule has 1 aromatic carbocycles. The number of rotatable bonds is 4. The average Bonchev–Trinajstić information content (AvgIpc) is 2.37. The van der Waals surface area contributed by atoms with E-state index < -0.39 is 23.7 Å². The predicted molar refractivity (Wildman–Crippen MR) is 78.6 cm³/mol. The van der Waals surface area contributed by atoms with Crippen LogP contribution in [0.2, 0.25) is 0 Å². The van der Waals surface area contributed by atoms with E-state index in [4.69, 9.17) is 6.11 Å². The number of amides is 1. The fraction of sp³-hybridized carbons (Fsp3) is 0.429. The topological polar surface area (TPSA) is 75.6 Å². The number of halogens is 1. The minimum Gasteiger partial charge on any atom is -0.480 e. The lowest BCUT2D eigenvalue weighted by Crippen LogP contribution is -2.44. The highest BCUT2D eigenvalue weighted by atomic mass is 79.9. The van der Waals surface area contributed by atoms with Crippen molar-refractivity contribution < 1.29 is 20.8 Å². The summed E-state index contributed by atoms with van der Waals surface area (Å²) in [6.45, 7) is 3.07. The molecule has 2 N–H and O–H groups in total. The molecule has 0 unspecified atom stereocenters. The third-order valence-corrected chi connectivity index (χ3v) is 2.78. The van der Waals surface area contributed by atoms with Crippen molar-refractivity contribution in [3.8, 4) is 0 Å². The van der Waals surface area contributed by atoms with E-state index in [0.717, 1.165) is 10.0 Å². The molecule has 1 atom stereocenters. The lowest BCUT2D eigenvalue weighted by molar-refractivity contribution is -0.139. The highest BCUT2D eigenvalue weighted by Crippen LogP contribution is 2.14. The van der Waals surface area contributed by atoms with Crippen molar-refractivity contribution in [1.82, 2.24) is 5.32 Å². The zero-order valence-corrected chi connectivity index (χ0v) is 12.9. The molecule has 5 nitrogen and oxygen atoms in total. The molecule has 0 aliphatic rings. The number of hydrogen-bond acceptors (Lipinski definition) is 3. The summed E-state index contributed by atoms with van der Waals surface area (Å²) >= 11 is 3.31. The Labute approximate surface area is 127 Å². The first-order chi connectivity index (χ1) is 9.73. The summed E-state index contributed by atoms with van der Waals surface area (Å²) in [6.07, 6.45) is -0.694. The van der Waals surface area contributed by atoms with Crippen LogP contribution in [-0.2, 0) is 16.0 Å². The molecule has 20 heavy (non-hydrogen) atoms. The Morgan fingerprint density at radius 2 is 2.25 bits per heavy atom. The van der Waals surface area contributed by atoms with Gasteiger partial charge in [0.1, 0.15) is 11.6 Å². The van der Waals surface area contributed by atoms with Gasteiger partial charge < -0.3 is 15.2 Å². The summed E-state index contributed by atoms with van der Waals surface area (Å²) in [5, 5.41) is 11.5. The van der Waals surface area contributed by atoms with Crippen LogP contribution in [0.1, 0.15) is 27.7 Å². The van der Waals surface area contributed by atoms with Crippen LogP contribution in [0, 0.1) is 0 Å². The third kappa shape index (κ3) is 6.06. The summed E-state index contributed by atoms with van der Waals surface area (Å²) in [6, 6.07) is 6.10. The minimum atomic E-state index is -1.14. The molecule has 0 saturated heterocycles. The highest BCUT2D eigenvalue weighted by molar-refractivity contribution is 9.10. The fourth-order valence-corrected chi connectivity index (χ4v) is 1.97. The Bertz CT molecular complexity index is 521. The molecule has 0 heterocycles. The Morgan fingerprint density at radius 3 is 2.80 bits per heavy atom. The number of aliphatic carboxylic acids is 1. The molecule has 6 heteroatoms. The number of benzene rings is 1. The SMILES string of the molecule is [2H]CC(C)(C)OC(=O)N[C@@H](Cc1cccc(Br)c1)C(=O)O. The van der Waals surface area contributed by atoms with E-state index in [1.54, 1.807) is 32.0 Å². The third-order valence-electron chi connectivity index (χ3n) is 2.29. The molecule has 0 radical (unpaired) electrons. The molecule has 0 fully saturated rings. The summed E-state index contributed by atoms with van der Waals surface area (Å²) in [5.41, 5.74) is -0.181. The molecule has 0 aliphatic carbocycles. The van der Waals surface area contributed by atoms with Gasteiger partial charge in [0, 0.05) is 12.3 Å². The van der Waals surface area contributed by atoms with E-state index in [0.29, 0.717) is 0 Å². The lowest BCUT2D eigenvalue weighted by Gasteiger charge is -2.22. The summed E-state index contributed by atoms with van der Waals surface area (Å²) in [5.74, 6) is -1.14. The monoisotopic (exact) mass is 344 g/mol. The number of carbonyl (C=O) groups is 2. The summed E-state index contributed by atoms with van der Waals surface area (Å²) in [7, 11) is 0. The minimum absolute atomic E-state index is 0.107. The maximum Gasteiger partial charge on any atom is 0.408 e. The van der Waals surface area contributed by atoms with Crippen molar-refractivity contribution in [3.63, 3.8) is 0 Å². The molecule has 0 bridgehead atoms. The van der Waals surface area contributed by atoms with Crippen LogP contribution < -0.4 is 5.32 Å². The highest BCUT2D eigenvalue weighted by Gasteiger charge is 2.24. The van der Waals surface area contributed by atoms with Crippen LogP contribution in [0.25, 0.3) is 0 Å². The summed E-state index contributed by atoms with van der Waals surface area (Å²) in [4.78, 5) is 22.9. The van der Waals surface area contributed by atoms with Crippen molar-refractivity contribution in [2.75, 3.05) is 0 Å². The first kappa shape index (κ1) is 14.8. The van der Waals surface area contributed by atoms with Gasteiger partial charge in [-0.2, -0.15) is 0 Å². The predicted octanol–water partition coefficient (Wildman–Crippen LogP) is 2.97. The van der Waals surface area contributed by atoms with E-state index >= 15 is 0 Å². The van der Waals surface area contributed by atoms with E-state index in [9.17, 15) is 14.7 Å². The van der Waals surface area contributed by atoms with E-state index in [1.807, 2.05) is 6.07 Å². The standard InChI is InChI=1S/C14H18BrNO4/c1-14(2,3)20-13(19)16-11(12(17)18)8-9-5-4-6-10(15)7-9/h4-7,11H,8H2,1-3H3,(H,16,19)(H,17,18)/t11-/m0/s1/i1D. The Morgan fingerprint density at radius 1 is 1.55 bits per heavy atom. The zero-order valence-electron chi connectivity index (χ0n) is 12.4. The fourth-order valence-electron chi connectivity index (χ4n) is 1.52. The molecule has 0 aromatic heterocycles. The first-order valence-electron chi connectivity index (χ1n) is 6.70. The van der Waals surface area contributed by atoms with Crippen molar-refractivity contribution in [2.45, 2.75) is 38.8 Å². The van der Waals surface area contributed by atoms with Gasteiger partial charge in [-0.15, -0.1) is 0 Å². The molecule has 1 rings (SSSR count). The van der Waals surface area contributed by atoms with Gasteiger partial charge >= 0.3 is 12.1 Å². The van der Waals surface area contributed by atoms with Crippen LogP contribution in [0.4, 0.5) is 4.79 Å². The van der Waals surface area contributed by atoms with Crippen molar-refractivity contribution in [3.05, 3.63) is 34.3 Å². The largest absolute Gasteiger partial charge is 0.480 e. The molecule has 1 aromatic rings. The molecular formula is C14H18BrNO4. The Balaban J connectivity index is 2.70. The van der Waals surface area contributed by atoms with Crippen molar-refractivity contribution >= 4 is 28.0 Å². The van der Waals surface area contributed by atoms with Gasteiger partial charge in [0.2, 0.25) is 0 Å². The summed E-state index contributed by atoms with van der Waals surface area (Å²) < 4.78 is 13.1. The number of ether oxygens (including phenoxy) is 1. The molecule has 1 amide bonds. The molecule has 0 saturated carbocycles. The van der Waals surface area contributed by atoms with Gasteiger partial charge in [0.05, 0.1) is 0 Å². The van der Waals surface area contributed by atoms with Crippen LogP contribution >= 0.6 is 15.9 Å². The quantitative estimate of drug-likeness (QED) is 0.880. The molecular weight excluding hydrogens is 326 g/mol. The lowest BCUT2D eigenvalue weighted by atomic mass is 10.1. The maximum absolute atomic E-state index is 11.7. The van der Waals surface area contributed by atoms with E-state index in [2.05, 4.69) is 21.2 Å². The number of carbonyl (C=O) groups excluding carboxylic acids is 1. The van der Waals surface area contributed by atoms with Gasteiger partial charge in [0.15, 0.2) is 0 Å². The van der Waals surface area contributed by atoms with Gasteiger partial charge in [-0.25, -0.2) is 9.59 Å². The van der Waals surface area contributed by atoms with Crippen molar-refractivity contribution in [2.24, 2.45) is 0 Å². The van der Waals surface area contributed by atoms with E-state index in [-0.39, 0.29) is 13.3 Å². The van der Waals surface area contributed by atoms with Crippen molar-refractivity contribution in [1.29, 1.82) is 0 Å². The van der Waals surface area contributed by atoms with Crippen LogP contribution in [0.15, 0.2) is 28.7 Å². The molecule has 0 spiro atoms. The van der Waals surface area contributed by atoms with Crippen LogP contribution in [-0.4, -0.2) is 28.8 Å². The number of hydrogen-bond donors (Lipinski definition) is 2. The van der Waals surface area contributed by atoms with Gasteiger partial charge in [-0.1, -0.05) is 28.1 Å². The van der Waals surface area contributed by atoms with Crippen LogP contribution in [0.5, 0.6) is 0 Å². The average molecular weight is 345 g/mol. The Kier molecular flexibility index (Phi) is 5.00. The molecule has 0 aliphatic heterocycles. The van der Waals surface area contributed by atoms with Crippen LogP contribution in [0.3, 0.4) is 0 Å². The smallest absolute Gasteiger partial charge is 0.408 e. The van der Waals surface area contributed by atoms with E-state index in [1.165, 1.54) is 0 Å². The second-order valence-electron chi connectivity index (χ2n) is 5.02. The second-order valence-corrected chi connectivity index (χ2v) is 5.93. The number of carboxylic acids is 1. The van der Waals surface area contributed by atoms with Gasteiger partial charge in [-0.3, -0.25) is 0 Å². The number of carboxylic acid groups (broad SMARTS) is 1. The molecule has 110 valence electrons. The first-order valence-corrected chi connectivity index (χ1v) is 6.79. The number of alkyl carbamates (subject to hydrolysis) is 1. The van der Waals surface area contributed by atoms with Gasteiger partial charge in [0.25, 0.3) is 0 Å². The number of nitrogens with one attached hydrogen (secondary N) is 1. The van der Waals surface area contributed by atoms with Gasteiger partial charge in [-0.05, 0) is 38.4 Å². The second kappa shape index (κ2) is 6.74. The Hall–Kier alpha value is -1.56. The normalized spacial score (nSPS) is 13.2. The zero-order chi connectivity index (χ0) is 16.0. The maximum atomic E-state index is 11.7.